The fraction of sp³-hybridized carbons (Fsp3) is 0.344. The Hall–Kier alpha value is -3.44. The zero-order valence-electron chi connectivity index (χ0n) is 21.8. The number of nitrogens with one attached hydrogen (secondary N) is 2. The molecule has 3 aromatic carbocycles. The predicted octanol–water partition coefficient (Wildman–Crippen LogP) is 7.38. The molecule has 2 heterocycles. The number of amides is 1. The van der Waals surface area contributed by atoms with Gasteiger partial charge >= 0.3 is 0 Å². The Kier molecular flexibility index (Phi) is 7.71. The normalized spacial score (nSPS) is 14.9. The van der Waals surface area contributed by atoms with Gasteiger partial charge < -0.3 is 15.2 Å². The van der Waals surface area contributed by atoms with E-state index in [1.165, 1.54) is 22.6 Å². The Labute approximate surface area is 218 Å². The number of rotatable bonds is 8. The Bertz CT molecular complexity index is 1370. The number of anilines is 1. The average molecular weight is 498 g/mol. The SMILES string of the molecule is CC(C)C(=O)Nc1cccc(C2CCN(CCCc3c(-c4ccccc4F)[nH]c4ccccc34)CC2)c1. The minimum Gasteiger partial charge on any atom is -0.354 e. The lowest BCUT2D eigenvalue weighted by Crippen LogP contribution is -2.33. The van der Waals surface area contributed by atoms with Crippen molar-refractivity contribution in [2.75, 3.05) is 25.0 Å². The summed E-state index contributed by atoms with van der Waals surface area (Å²) < 4.78 is 14.6. The second-order valence-corrected chi connectivity index (χ2v) is 10.5. The van der Waals surface area contributed by atoms with Crippen LogP contribution in [0.15, 0.2) is 72.8 Å². The Morgan fingerprint density at radius 2 is 1.78 bits per heavy atom. The van der Waals surface area contributed by atoms with E-state index in [1.807, 2.05) is 44.2 Å². The van der Waals surface area contributed by atoms with Crippen LogP contribution in [0.5, 0.6) is 0 Å². The largest absolute Gasteiger partial charge is 0.354 e. The minimum absolute atomic E-state index is 0.0288. The Balaban J connectivity index is 1.20. The molecule has 0 unspecified atom stereocenters. The molecule has 2 N–H and O–H groups in total. The molecule has 0 aliphatic carbocycles. The summed E-state index contributed by atoms with van der Waals surface area (Å²) in [6, 6.07) is 23.6. The molecule has 5 heteroatoms. The summed E-state index contributed by atoms with van der Waals surface area (Å²) in [5, 5.41) is 4.21. The minimum atomic E-state index is -0.190. The molecule has 37 heavy (non-hydrogen) atoms. The number of aromatic nitrogens is 1. The number of piperidine rings is 1. The van der Waals surface area contributed by atoms with E-state index in [2.05, 4.69) is 45.5 Å². The maximum absolute atomic E-state index is 14.6. The number of fused-ring (bicyclic) bond motifs is 1. The van der Waals surface area contributed by atoms with E-state index in [-0.39, 0.29) is 17.6 Å². The van der Waals surface area contributed by atoms with E-state index >= 15 is 0 Å². The number of carbonyl (C=O) groups is 1. The molecule has 0 bridgehead atoms. The molecule has 1 saturated heterocycles. The van der Waals surface area contributed by atoms with Gasteiger partial charge in [-0.25, -0.2) is 4.39 Å². The van der Waals surface area contributed by atoms with Gasteiger partial charge in [0.05, 0.1) is 5.69 Å². The summed E-state index contributed by atoms with van der Waals surface area (Å²) in [4.78, 5) is 18.1. The molecule has 1 aliphatic rings. The van der Waals surface area contributed by atoms with E-state index in [1.54, 1.807) is 6.07 Å². The zero-order valence-corrected chi connectivity index (χ0v) is 21.8. The molecule has 1 aromatic heterocycles. The molecule has 4 aromatic rings. The monoisotopic (exact) mass is 497 g/mol. The Morgan fingerprint density at radius 1 is 1.03 bits per heavy atom. The highest BCUT2D eigenvalue weighted by atomic mass is 19.1. The van der Waals surface area contributed by atoms with Crippen molar-refractivity contribution >= 4 is 22.5 Å². The van der Waals surface area contributed by atoms with Crippen LogP contribution in [0.1, 0.15) is 50.2 Å². The summed E-state index contributed by atoms with van der Waals surface area (Å²) >= 11 is 0. The summed E-state index contributed by atoms with van der Waals surface area (Å²) in [5.74, 6) is 0.359. The maximum Gasteiger partial charge on any atom is 0.226 e. The highest BCUT2D eigenvalue weighted by molar-refractivity contribution is 5.92. The van der Waals surface area contributed by atoms with Crippen molar-refractivity contribution in [1.82, 2.24) is 9.88 Å². The van der Waals surface area contributed by atoms with Gasteiger partial charge in [0.1, 0.15) is 5.82 Å². The van der Waals surface area contributed by atoms with Gasteiger partial charge in [-0.3, -0.25) is 4.79 Å². The third-order valence-electron chi connectivity index (χ3n) is 7.60. The molecule has 0 spiro atoms. The number of benzene rings is 3. The van der Waals surface area contributed by atoms with Crippen molar-refractivity contribution in [3.05, 3.63) is 89.7 Å². The average Bonchev–Trinajstić information content (AvgIpc) is 3.28. The second-order valence-electron chi connectivity index (χ2n) is 10.5. The number of halogens is 1. The van der Waals surface area contributed by atoms with E-state index in [4.69, 9.17) is 0 Å². The molecular formula is C32H36FN3O. The van der Waals surface area contributed by atoms with Crippen LogP contribution in [0.2, 0.25) is 0 Å². The van der Waals surface area contributed by atoms with E-state index in [0.717, 1.165) is 62.2 Å². The van der Waals surface area contributed by atoms with Crippen molar-refractivity contribution < 1.29 is 9.18 Å². The zero-order chi connectivity index (χ0) is 25.8. The lowest BCUT2D eigenvalue weighted by atomic mass is 9.89. The molecule has 4 nitrogen and oxygen atoms in total. The van der Waals surface area contributed by atoms with E-state index in [0.29, 0.717) is 11.5 Å². The standard InChI is InChI=1S/C32H36FN3O/c1-22(2)32(37)34-25-10-7-9-24(21-25)23-16-19-36(20-17-23)18-8-13-27-26-11-4-6-15-30(26)35-31(27)28-12-3-5-14-29(28)33/h3-7,9-12,14-15,21-23,35H,8,13,16-20H2,1-2H3,(H,34,37). The molecule has 1 fully saturated rings. The molecule has 1 aliphatic heterocycles. The third-order valence-corrected chi connectivity index (χ3v) is 7.60. The van der Waals surface area contributed by atoms with Crippen LogP contribution in [0.25, 0.3) is 22.2 Å². The van der Waals surface area contributed by atoms with Crippen LogP contribution in [-0.4, -0.2) is 35.4 Å². The molecule has 192 valence electrons. The number of para-hydroxylation sites is 1. The van der Waals surface area contributed by atoms with Gasteiger partial charge in [-0.1, -0.05) is 56.3 Å². The predicted molar refractivity (Wildman–Crippen MR) is 150 cm³/mol. The smallest absolute Gasteiger partial charge is 0.226 e. The number of carbonyl (C=O) groups excluding carboxylic acids is 1. The first-order valence-corrected chi connectivity index (χ1v) is 13.5. The molecule has 0 radical (unpaired) electrons. The number of aromatic amines is 1. The number of nitrogens with zero attached hydrogens (tertiary/aromatic N) is 1. The fourth-order valence-electron chi connectivity index (χ4n) is 5.48. The highest BCUT2D eigenvalue weighted by Gasteiger charge is 2.22. The van der Waals surface area contributed by atoms with Crippen molar-refractivity contribution in [2.24, 2.45) is 5.92 Å². The first-order valence-electron chi connectivity index (χ1n) is 13.5. The van der Waals surface area contributed by atoms with Gasteiger partial charge in [-0.05, 0) is 92.7 Å². The van der Waals surface area contributed by atoms with Crippen molar-refractivity contribution in [1.29, 1.82) is 0 Å². The molecular weight excluding hydrogens is 461 g/mol. The number of likely N-dealkylation sites (tertiary alicyclic amines) is 1. The van der Waals surface area contributed by atoms with Gasteiger partial charge in [0.15, 0.2) is 0 Å². The Morgan fingerprint density at radius 3 is 2.57 bits per heavy atom. The van der Waals surface area contributed by atoms with Crippen LogP contribution in [0.3, 0.4) is 0 Å². The van der Waals surface area contributed by atoms with Crippen LogP contribution >= 0.6 is 0 Å². The topological polar surface area (TPSA) is 48.1 Å². The van der Waals surface area contributed by atoms with Crippen molar-refractivity contribution in [3.63, 3.8) is 0 Å². The van der Waals surface area contributed by atoms with Gasteiger partial charge in [-0.2, -0.15) is 0 Å². The van der Waals surface area contributed by atoms with Crippen molar-refractivity contribution in [3.8, 4) is 11.3 Å². The fourth-order valence-corrected chi connectivity index (χ4v) is 5.48. The van der Waals surface area contributed by atoms with Gasteiger partial charge in [-0.15, -0.1) is 0 Å². The van der Waals surface area contributed by atoms with Gasteiger partial charge in [0.2, 0.25) is 5.91 Å². The lowest BCUT2D eigenvalue weighted by Gasteiger charge is -2.32. The molecule has 1 amide bonds. The van der Waals surface area contributed by atoms with Crippen LogP contribution in [-0.2, 0) is 11.2 Å². The summed E-state index contributed by atoms with van der Waals surface area (Å²) in [6.07, 6.45) is 4.18. The number of H-pyrrole nitrogens is 1. The van der Waals surface area contributed by atoms with Gasteiger partial charge in [0.25, 0.3) is 0 Å². The summed E-state index contributed by atoms with van der Waals surface area (Å²) in [6.45, 7) is 7.00. The first kappa shape index (κ1) is 25.2. The molecule has 0 atom stereocenters. The summed E-state index contributed by atoms with van der Waals surface area (Å²) in [5.41, 5.74) is 6.01. The first-order chi connectivity index (χ1) is 18.0. The maximum atomic E-state index is 14.6. The third kappa shape index (κ3) is 5.78. The lowest BCUT2D eigenvalue weighted by molar-refractivity contribution is -0.118. The van der Waals surface area contributed by atoms with Gasteiger partial charge in [0, 0.05) is 28.1 Å². The number of hydrogen-bond acceptors (Lipinski definition) is 2. The van der Waals surface area contributed by atoms with Crippen LogP contribution in [0.4, 0.5) is 10.1 Å². The summed E-state index contributed by atoms with van der Waals surface area (Å²) in [7, 11) is 0. The van der Waals surface area contributed by atoms with Crippen LogP contribution in [0, 0.1) is 11.7 Å². The molecule has 5 rings (SSSR count). The quantitative estimate of drug-likeness (QED) is 0.267. The van der Waals surface area contributed by atoms with E-state index in [9.17, 15) is 9.18 Å². The molecule has 0 saturated carbocycles. The number of hydrogen-bond donors (Lipinski definition) is 2. The number of aryl methyl sites for hydroxylation is 1. The second kappa shape index (κ2) is 11.3. The highest BCUT2D eigenvalue weighted by Crippen LogP contribution is 2.33. The van der Waals surface area contributed by atoms with E-state index < -0.39 is 0 Å². The van der Waals surface area contributed by atoms with Crippen molar-refractivity contribution in [2.45, 2.75) is 45.4 Å². The van der Waals surface area contributed by atoms with Crippen LogP contribution < -0.4 is 5.32 Å².